The number of aromatic nitrogens is 2. The van der Waals surface area contributed by atoms with Crippen molar-refractivity contribution in [2.24, 2.45) is 0 Å². The highest BCUT2D eigenvalue weighted by molar-refractivity contribution is 8.02. The molecule has 20 heavy (non-hydrogen) atoms. The summed E-state index contributed by atoms with van der Waals surface area (Å²) >= 11 is 4.64. The van der Waals surface area contributed by atoms with Gasteiger partial charge in [0.05, 0.1) is 6.61 Å². The summed E-state index contributed by atoms with van der Waals surface area (Å²) < 4.78 is 26.0. The second kappa shape index (κ2) is 6.30. The normalized spacial score (nSPS) is 13.9. The van der Waals surface area contributed by atoms with Gasteiger partial charge in [0.15, 0.2) is 15.5 Å². The van der Waals surface area contributed by atoms with Crippen molar-refractivity contribution in [1.82, 2.24) is 10.2 Å². The van der Waals surface area contributed by atoms with E-state index in [4.69, 9.17) is 9.47 Å². The standard InChI is InChI=1S/C12H11FN2O2S3/c1-18-11-14-15-12(20-11)19-5-8-3-9(13)2-7-4-16-6-17-10(7)8/h2-3H,4-6H2,1H3. The largest absolute Gasteiger partial charge is 0.467 e. The van der Waals surface area contributed by atoms with Gasteiger partial charge in [-0.2, -0.15) is 0 Å². The fourth-order valence-electron chi connectivity index (χ4n) is 1.84. The molecule has 4 nitrogen and oxygen atoms in total. The second-order valence-corrected chi connectivity index (χ2v) is 7.24. The van der Waals surface area contributed by atoms with Crippen LogP contribution in [0.5, 0.6) is 5.75 Å². The lowest BCUT2D eigenvalue weighted by atomic mass is 10.1. The minimum absolute atomic E-state index is 0.214. The lowest BCUT2D eigenvalue weighted by Gasteiger charge is -2.20. The number of benzene rings is 1. The van der Waals surface area contributed by atoms with Crippen LogP contribution in [0.15, 0.2) is 20.8 Å². The average Bonchev–Trinajstić information content (AvgIpc) is 2.92. The number of thioether (sulfide) groups is 2. The first-order valence-electron chi connectivity index (χ1n) is 5.78. The lowest BCUT2D eigenvalue weighted by molar-refractivity contribution is -0.0171. The van der Waals surface area contributed by atoms with Crippen molar-refractivity contribution >= 4 is 34.9 Å². The zero-order valence-corrected chi connectivity index (χ0v) is 13.0. The van der Waals surface area contributed by atoms with Crippen molar-refractivity contribution in [3.8, 4) is 5.75 Å². The molecule has 0 radical (unpaired) electrons. The molecule has 1 aliphatic rings. The van der Waals surface area contributed by atoms with Gasteiger partial charge in [-0.05, 0) is 18.4 Å². The Bertz CT molecular complexity index is 621. The topological polar surface area (TPSA) is 44.2 Å². The molecule has 106 valence electrons. The maximum atomic E-state index is 13.6. The van der Waals surface area contributed by atoms with E-state index in [1.54, 1.807) is 11.8 Å². The number of rotatable bonds is 4. The van der Waals surface area contributed by atoms with Crippen molar-refractivity contribution in [3.63, 3.8) is 0 Å². The first-order chi connectivity index (χ1) is 9.76. The minimum Gasteiger partial charge on any atom is -0.467 e. The van der Waals surface area contributed by atoms with Crippen LogP contribution in [0, 0.1) is 5.82 Å². The smallest absolute Gasteiger partial charge is 0.189 e. The van der Waals surface area contributed by atoms with Crippen molar-refractivity contribution in [1.29, 1.82) is 0 Å². The van der Waals surface area contributed by atoms with E-state index in [-0.39, 0.29) is 12.6 Å². The molecular weight excluding hydrogens is 319 g/mol. The Morgan fingerprint density at radius 1 is 1.35 bits per heavy atom. The molecule has 0 N–H and O–H groups in total. The van der Waals surface area contributed by atoms with Crippen LogP contribution in [0.4, 0.5) is 4.39 Å². The monoisotopic (exact) mass is 330 g/mol. The Morgan fingerprint density at radius 3 is 3.00 bits per heavy atom. The molecule has 2 heterocycles. The summed E-state index contributed by atoms with van der Waals surface area (Å²) in [4.78, 5) is 0. The summed E-state index contributed by atoms with van der Waals surface area (Å²) in [6.07, 6.45) is 1.96. The number of hydrogen-bond acceptors (Lipinski definition) is 7. The van der Waals surface area contributed by atoms with Gasteiger partial charge in [0.25, 0.3) is 0 Å². The van der Waals surface area contributed by atoms with E-state index >= 15 is 0 Å². The quantitative estimate of drug-likeness (QED) is 0.799. The Hall–Kier alpha value is -0.830. The molecule has 0 saturated heterocycles. The Balaban J connectivity index is 1.78. The van der Waals surface area contributed by atoms with Gasteiger partial charge in [-0.1, -0.05) is 34.9 Å². The number of nitrogens with zero attached hydrogens (tertiary/aromatic N) is 2. The predicted molar refractivity (Wildman–Crippen MR) is 77.9 cm³/mol. The molecule has 0 spiro atoms. The average molecular weight is 330 g/mol. The van der Waals surface area contributed by atoms with Crippen molar-refractivity contribution < 1.29 is 13.9 Å². The highest BCUT2D eigenvalue weighted by Crippen LogP contribution is 2.35. The van der Waals surface area contributed by atoms with Crippen LogP contribution in [0.1, 0.15) is 11.1 Å². The SMILES string of the molecule is CSc1nnc(SCc2cc(F)cc3c2OCOC3)s1. The van der Waals surface area contributed by atoms with Gasteiger partial charge in [0, 0.05) is 16.9 Å². The molecule has 0 amide bonds. The summed E-state index contributed by atoms with van der Waals surface area (Å²) in [5.41, 5.74) is 1.59. The van der Waals surface area contributed by atoms with Crippen LogP contribution in [0.3, 0.4) is 0 Å². The molecule has 0 saturated carbocycles. The number of ether oxygens (including phenoxy) is 2. The molecule has 1 aromatic heterocycles. The van der Waals surface area contributed by atoms with Crippen LogP contribution in [-0.2, 0) is 17.1 Å². The van der Waals surface area contributed by atoms with Crippen molar-refractivity contribution in [2.75, 3.05) is 13.0 Å². The van der Waals surface area contributed by atoms with Crippen molar-refractivity contribution in [3.05, 3.63) is 29.1 Å². The Labute approximate surface area is 128 Å². The van der Waals surface area contributed by atoms with Crippen LogP contribution in [0.25, 0.3) is 0 Å². The number of hydrogen-bond donors (Lipinski definition) is 0. The van der Waals surface area contributed by atoms with Gasteiger partial charge in [0.2, 0.25) is 0 Å². The van der Waals surface area contributed by atoms with Gasteiger partial charge in [-0.25, -0.2) is 4.39 Å². The number of fused-ring (bicyclic) bond motifs is 1. The predicted octanol–water partition coefficient (Wildman–Crippen LogP) is 3.56. The maximum absolute atomic E-state index is 13.6. The third-order valence-electron chi connectivity index (χ3n) is 2.67. The molecular formula is C12H11FN2O2S3. The third-order valence-corrected chi connectivity index (χ3v) is 5.75. The van der Waals surface area contributed by atoms with Crippen LogP contribution < -0.4 is 4.74 Å². The summed E-state index contributed by atoms with van der Waals surface area (Å²) in [6, 6.07) is 2.97. The molecule has 2 aromatic rings. The van der Waals surface area contributed by atoms with Crippen LogP contribution >= 0.6 is 34.9 Å². The highest BCUT2D eigenvalue weighted by atomic mass is 32.2. The molecule has 8 heteroatoms. The summed E-state index contributed by atoms with van der Waals surface area (Å²) in [7, 11) is 0. The van der Waals surface area contributed by atoms with E-state index in [0.717, 1.165) is 25.6 Å². The van der Waals surface area contributed by atoms with Crippen molar-refractivity contribution in [2.45, 2.75) is 21.0 Å². The molecule has 0 bridgehead atoms. The molecule has 3 rings (SSSR count). The first kappa shape index (κ1) is 14.1. The first-order valence-corrected chi connectivity index (χ1v) is 8.81. The van der Waals surface area contributed by atoms with Gasteiger partial charge in [0.1, 0.15) is 11.6 Å². The van der Waals surface area contributed by atoms with E-state index in [1.165, 1.54) is 35.2 Å². The molecule has 1 aliphatic heterocycles. The lowest BCUT2D eigenvalue weighted by Crippen LogP contribution is -2.13. The van der Waals surface area contributed by atoms with E-state index in [1.807, 2.05) is 6.26 Å². The minimum atomic E-state index is -0.268. The van der Waals surface area contributed by atoms with E-state index < -0.39 is 0 Å². The van der Waals surface area contributed by atoms with Gasteiger partial charge >= 0.3 is 0 Å². The zero-order chi connectivity index (χ0) is 13.9. The highest BCUT2D eigenvalue weighted by Gasteiger charge is 2.17. The van der Waals surface area contributed by atoms with Gasteiger partial charge in [-0.15, -0.1) is 10.2 Å². The van der Waals surface area contributed by atoms with Gasteiger partial charge < -0.3 is 9.47 Å². The van der Waals surface area contributed by atoms with E-state index in [0.29, 0.717) is 12.4 Å². The molecule has 0 fully saturated rings. The fourth-order valence-corrected chi connectivity index (χ4v) is 4.25. The third kappa shape index (κ3) is 3.08. The molecule has 0 unspecified atom stereocenters. The Kier molecular flexibility index (Phi) is 4.45. The van der Waals surface area contributed by atoms with E-state index in [9.17, 15) is 4.39 Å². The molecule has 0 aliphatic carbocycles. The molecule has 0 atom stereocenters. The summed E-state index contributed by atoms with van der Waals surface area (Å²) in [6.45, 7) is 0.603. The fraction of sp³-hybridized carbons (Fsp3) is 0.333. The van der Waals surface area contributed by atoms with Crippen LogP contribution in [-0.4, -0.2) is 23.2 Å². The summed E-state index contributed by atoms with van der Waals surface area (Å²) in [5.74, 6) is 1.07. The maximum Gasteiger partial charge on any atom is 0.189 e. The van der Waals surface area contributed by atoms with Gasteiger partial charge in [-0.3, -0.25) is 0 Å². The Morgan fingerprint density at radius 2 is 2.20 bits per heavy atom. The zero-order valence-electron chi connectivity index (χ0n) is 10.6. The second-order valence-electron chi connectivity index (χ2n) is 3.99. The number of halogens is 1. The summed E-state index contributed by atoms with van der Waals surface area (Å²) in [5, 5.41) is 8.13. The molecule has 1 aromatic carbocycles. The van der Waals surface area contributed by atoms with Crippen LogP contribution in [0.2, 0.25) is 0 Å². The van der Waals surface area contributed by atoms with E-state index in [2.05, 4.69) is 10.2 Å².